The van der Waals surface area contributed by atoms with Gasteiger partial charge in [0.15, 0.2) is 4.34 Å². The summed E-state index contributed by atoms with van der Waals surface area (Å²) in [6, 6.07) is 6.69. The first kappa shape index (κ1) is 15.2. The highest BCUT2D eigenvalue weighted by Crippen LogP contribution is 2.24. The third-order valence-electron chi connectivity index (χ3n) is 2.74. The Bertz CT molecular complexity index is 922. The number of hydrogen-bond acceptors (Lipinski definition) is 7. The third kappa shape index (κ3) is 3.06. The first-order valence-corrected chi connectivity index (χ1v) is 8.82. The van der Waals surface area contributed by atoms with Crippen molar-refractivity contribution >= 4 is 61.0 Å². The maximum absolute atomic E-state index is 12.2. The lowest BCUT2D eigenvalue weighted by Crippen LogP contribution is -2.20. The number of carbonyl (C=O) groups is 1. The molecule has 2 aromatic heterocycles. The molecule has 22 heavy (non-hydrogen) atoms. The predicted octanol–water partition coefficient (Wildman–Crippen LogP) is 3.38. The molecular formula is C13H8BrN3O3S2. The fourth-order valence-corrected chi connectivity index (χ4v) is 3.30. The standard InChI is InChI=1S/C13H8BrN3O3S2/c1-21-13-17-16-12(22-13)15-10(18)8-5-6-4-7(14)2-3-9(6)20-11(8)19/h2-5H,1H3,(H,15,16,18). The number of rotatable bonds is 3. The minimum atomic E-state index is -0.693. The van der Waals surface area contributed by atoms with Gasteiger partial charge in [0, 0.05) is 9.86 Å². The number of aromatic nitrogens is 2. The zero-order valence-corrected chi connectivity index (χ0v) is 14.3. The number of nitrogens with zero attached hydrogens (tertiary/aromatic N) is 2. The Morgan fingerprint density at radius 3 is 2.91 bits per heavy atom. The van der Waals surface area contributed by atoms with E-state index in [1.807, 2.05) is 6.26 Å². The minimum absolute atomic E-state index is 0.0773. The third-order valence-corrected chi connectivity index (χ3v) is 5.05. The topological polar surface area (TPSA) is 85.1 Å². The van der Waals surface area contributed by atoms with Gasteiger partial charge in [0.2, 0.25) is 5.13 Å². The van der Waals surface area contributed by atoms with Gasteiger partial charge in [0.05, 0.1) is 0 Å². The van der Waals surface area contributed by atoms with Crippen LogP contribution < -0.4 is 10.9 Å². The summed E-state index contributed by atoms with van der Waals surface area (Å²) in [6.45, 7) is 0. The molecule has 0 bridgehead atoms. The Balaban J connectivity index is 1.96. The van der Waals surface area contributed by atoms with E-state index in [1.165, 1.54) is 29.2 Å². The Morgan fingerprint density at radius 1 is 1.36 bits per heavy atom. The van der Waals surface area contributed by atoms with Crippen molar-refractivity contribution < 1.29 is 9.21 Å². The smallest absolute Gasteiger partial charge is 0.349 e. The number of halogens is 1. The Labute approximate surface area is 141 Å². The molecule has 0 aliphatic heterocycles. The van der Waals surface area contributed by atoms with Crippen molar-refractivity contribution in [2.45, 2.75) is 4.34 Å². The molecule has 0 saturated heterocycles. The van der Waals surface area contributed by atoms with E-state index >= 15 is 0 Å². The summed E-state index contributed by atoms with van der Waals surface area (Å²) in [6.07, 6.45) is 1.86. The van der Waals surface area contributed by atoms with E-state index in [1.54, 1.807) is 18.2 Å². The fraction of sp³-hybridized carbons (Fsp3) is 0.0769. The molecule has 0 saturated carbocycles. The molecule has 0 radical (unpaired) electrons. The van der Waals surface area contributed by atoms with Crippen LogP contribution >= 0.6 is 39.0 Å². The van der Waals surface area contributed by atoms with Crippen molar-refractivity contribution in [1.82, 2.24) is 10.2 Å². The summed E-state index contributed by atoms with van der Waals surface area (Å²) in [5, 5.41) is 11.3. The van der Waals surface area contributed by atoms with E-state index in [-0.39, 0.29) is 5.56 Å². The van der Waals surface area contributed by atoms with Crippen LogP contribution in [-0.2, 0) is 0 Å². The van der Waals surface area contributed by atoms with E-state index in [0.29, 0.717) is 16.1 Å². The maximum atomic E-state index is 12.2. The maximum Gasteiger partial charge on any atom is 0.349 e. The fourth-order valence-electron chi connectivity index (χ4n) is 1.76. The van der Waals surface area contributed by atoms with Crippen LogP contribution in [0.1, 0.15) is 10.4 Å². The number of amides is 1. The van der Waals surface area contributed by atoms with Crippen LogP contribution in [0.25, 0.3) is 11.0 Å². The van der Waals surface area contributed by atoms with E-state index in [4.69, 9.17) is 4.42 Å². The molecule has 0 unspecified atom stereocenters. The van der Waals surface area contributed by atoms with Gasteiger partial charge in [-0.05, 0) is 30.5 Å². The molecule has 0 aliphatic rings. The molecule has 1 amide bonds. The zero-order chi connectivity index (χ0) is 15.7. The Kier molecular flexibility index (Phi) is 4.27. The molecular weight excluding hydrogens is 390 g/mol. The van der Waals surface area contributed by atoms with Gasteiger partial charge in [-0.1, -0.05) is 39.0 Å². The van der Waals surface area contributed by atoms with Crippen LogP contribution in [0.5, 0.6) is 0 Å². The van der Waals surface area contributed by atoms with Crippen molar-refractivity contribution in [3.05, 3.63) is 44.7 Å². The normalized spacial score (nSPS) is 10.8. The van der Waals surface area contributed by atoms with Gasteiger partial charge < -0.3 is 4.42 Å². The lowest BCUT2D eigenvalue weighted by atomic mass is 10.2. The van der Waals surface area contributed by atoms with Crippen LogP contribution in [-0.4, -0.2) is 22.4 Å². The number of fused-ring (bicyclic) bond motifs is 1. The molecule has 0 aliphatic carbocycles. The highest BCUT2D eigenvalue weighted by atomic mass is 79.9. The Hall–Kier alpha value is -1.71. The van der Waals surface area contributed by atoms with E-state index in [9.17, 15) is 9.59 Å². The summed E-state index contributed by atoms with van der Waals surface area (Å²) in [5.41, 5.74) is -0.348. The van der Waals surface area contributed by atoms with Gasteiger partial charge in [-0.3, -0.25) is 10.1 Å². The van der Waals surface area contributed by atoms with E-state index in [2.05, 4.69) is 31.4 Å². The van der Waals surface area contributed by atoms with Gasteiger partial charge in [-0.15, -0.1) is 10.2 Å². The second-order valence-electron chi connectivity index (χ2n) is 4.16. The summed E-state index contributed by atoms with van der Waals surface area (Å²) < 4.78 is 6.71. The van der Waals surface area contributed by atoms with Crippen molar-refractivity contribution in [2.24, 2.45) is 0 Å². The highest BCUT2D eigenvalue weighted by Gasteiger charge is 2.16. The first-order chi connectivity index (χ1) is 10.6. The molecule has 112 valence electrons. The van der Waals surface area contributed by atoms with Gasteiger partial charge in [0.25, 0.3) is 5.91 Å². The Morgan fingerprint density at radius 2 is 2.18 bits per heavy atom. The van der Waals surface area contributed by atoms with Crippen molar-refractivity contribution in [3.63, 3.8) is 0 Å². The molecule has 9 heteroatoms. The van der Waals surface area contributed by atoms with Crippen molar-refractivity contribution in [1.29, 1.82) is 0 Å². The van der Waals surface area contributed by atoms with Crippen LogP contribution in [0.4, 0.5) is 5.13 Å². The highest BCUT2D eigenvalue weighted by molar-refractivity contribution is 9.10. The van der Waals surface area contributed by atoms with E-state index in [0.717, 1.165) is 8.81 Å². The lowest BCUT2D eigenvalue weighted by molar-refractivity contribution is 0.102. The average molecular weight is 398 g/mol. The van der Waals surface area contributed by atoms with Crippen molar-refractivity contribution in [3.8, 4) is 0 Å². The molecule has 2 heterocycles. The van der Waals surface area contributed by atoms with Gasteiger partial charge in [-0.25, -0.2) is 4.79 Å². The van der Waals surface area contributed by atoms with Gasteiger partial charge in [0.1, 0.15) is 11.1 Å². The van der Waals surface area contributed by atoms with Gasteiger partial charge >= 0.3 is 5.63 Å². The first-order valence-electron chi connectivity index (χ1n) is 5.99. The minimum Gasteiger partial charge on any atom is -0.422 e. The second kappa shape index (κ2) is 6.19. The summed E-state index contributed by atoms with van der Waals surface area (Å²) >= 11 is 6.00. The molecule has 1 N–H and O–H groups in total. The number of carbonyl (C=O) groups excluding carboxylic acids is 1. The molecule has 0 spiro atoms. The molecule has 0 fully saturated rings. The molecule has 3 aromatic rings. The average Bonchev–Trinajstić information content (AvgIpc) is 2.94. The summed E-state index contributed by atoms with van der Waals surface area (Å²) in [7, 11) is 0. The number of thioether (sulfide) groups is 1. The van der Waals surface area contributed by atoms with Gasteiger partial charge in [-0.2, -0.15) is 0 Å². The number of anilines is 1. The van der Waals surface area contributed by atoms with Crippen LogP contribution in [0.15, 0.2) is 42.3 Å². The molecule has 6 nitrogen and oxygen atoms in total. The zero-order valence-electron chi connectivity index (χ0n) is 11.1. The number of nitrogens with one attached hydrogen (secondary N) is 1. The largest absolute Gasteiger partial charge is 0.422 e. The van der Waals surface area contributed by atoms with E-state index < -0.39 is 11.5 Å². The monoisotopic (exact) mass is 397 g/mol. The lowest BCUT2D eigenvalue weighted by Gasteiger charge is -2.02. The number of hydrogen-bond donors (Lipinski definition) is 1. The second-order valence-corrected chi connectivity index (χ2v) is 7.11. The predicted molar refractivity (Wildman–Crippen MR) is 89.8 cm³/mol. The van der Waals surface area contributed by atoms with Crippen LogP contribution in [0.3, 0.4) is 0 Å². The summed E-state index contributed by atoms with van der Waals surface area (Å²) in [4.78, 5) is 24.1. The summed E-state index contributed by atoms with van der Waals surface area (Å²) in [5.74, 6) is -0.570. The quantitative estimate of drug-likeness (QED) is 0.414. The molecule has 0 atom stereocenters. The molecule has 3 rings (SSSR count). The van der Waals surface area contributed by atoms with Crippen LogP contribution in [0.2, 0.25) is 0 Å². The number of benzene rings is 1. The molecule has 1 aromatic carbocycles. The SMILES string of the molecule is CSc1nnc(NC(=O)c2cc3cc(Br)ccc3oc2=O)s1. The van der Waals surface area contributed by atoms with Crippen molar-refractivity contribution in [2.75, 3.05) is 11.6 Å². The van der Waals surface area contributed by atoms with Crippen LogP contribution in [0, 0.1) is 0 Å².